The fraction of sp³-hybridized carbons (Fsp3) is 0.667. The van der Waals surface area contributed by atoms with Gasteiger partial charge < -0.3 is 10.4 Å². The van der Waals surface area contributed by atoms with Crippen molar-refractivity contribution in [1.29, 1.82) is 0 Å². The van der Waals surface area contributed by atoms with Crippen LogP contribution in [0.4, 0.5) is 0 Å². The number of hydrogen-bond donors (Lipinski definition) is 2. The van der Waals surface area contributed by atoms with Crippen molar-refractivity contribution in [3.63, 3.8) is 0 Å². The van der Waals surface area contributed by atoms with Crippen LogP contribution in [0.3, 0.4) is 0 Å². The lowest BCUT2D eigenvalue weighted by molar-refractivity contribution is 0.161. The van der Waals surface area contributed by atoms with Crippen LogP contribution in [0.2, 0.25) is 0 Å². The van der Waals surface area contributed by atoms with Gasteiger partial charge in [0.05, 0.1) is 8.99 Å². The van der Waals surface area contributed by atoms with Crippen LogP contribution in [0, 0.1) is 2.88 Å². The zero-order valence-electron chi connectivity index (χ0n) is 9.50. The molecule has 4 heteroatoms. The molecule has 16 heavy (non-hydrogen) atoms. The highest BCUT2D eigenvalue weighted by Crippen LogP contribution is 2.36. The summed E-state index contributed by atoms with van der Waals surface area (Å²) in [6.45, 7) is 2.74. The summed E-state index contributed by atoms with van der Waals surface area (Å²) in [6, 6.07) is 2.76. The van der Waals surface area contributed by atoms with Gasteiger partial charge in [0, 0.05) is 17.5 Å². The highest BCUT2D eigenvalue weighted by atomic mass is 127. The van der Waals surface area contributed by atoms with E-state index < -0.39 is 0 Å². The van der Waals surface area contributed by atoms with Crippen molar-refractivity contribution in [2.75, 3.05) is 6.54 Å². The third kappa shape index (κ3) is 2.97. The van der Waals surface area contributed by atoms with Crippen LogP contribution in [0.5, 0.6) is 0 Å². The zero-order chi connectivity index (χ0) is 11.5. The van der Waals surface area contributed by atoms with Gasteiger partial charge in [-0.25, -0.2) is 0 Å². The van der Waals surface area contributed by atoms with Crippen LogP contribution >= 0.6 is 33.9 Å². The minimum absolute atomic E-state index is 0.205. The van der Waals surface area contributed by atoms with Crippen LogP contribution in [-0.4, -0.2) is 17.8 Å². The Kier molecular flexibility index (Phi) is 4.64. The topological polar surface area (TPSA) is 32.3 Å². The molecule has 0 bridgehead atoms. The Hall–Kier alpha value is 0.350. The van der Waals surface area contributed by atoms with Gasteiger partial charge in [-0.3, -0.25) is 0 Å². The molecule has 0 saturated carbocycles. The highest BCUT2D eigenvalue weighted by molar-refractivity contribution is 14.1. The van der Waals surface area contributed by atoms with Gasteiger partial charge in [0.2, 0.25) is 0 Å². The van der Waals surface area contributed by atoms with Crippen LogP contribution in [0.15, 0.2) is 6.07 Å². The molecule has 0 aliphatic heterocycles. The molecule has 1 aliphatic rings. The Labute approximate surface area is 115 Å². The first-order valence-electron chi connectivity index (χ1n) is 5.90. The molecule has 0 radical (unpaired) electrons. The molecule has 2 nitrogen and oxygen atoms in total. The number of rotatable bonds is 4. The van der Waals surface area contributed by atoms with Gasteiger partial charge in [-0.05, 0) is 59.9 Å². The summed E-state index contributed by atoms with van der Waals surface area (Å²) in [5.41, 5.74) is 1.48. The third-order valence-electron chi connectivity index (χ3n) is 3.15. The number of hydrogen-bond acceptors (Lipinski definition) is 3. The minimum Gasteiger partial charge on any atom is -0.392 e. The lowest BCUT2D eigenvalue weighted by Gasteiger charge is -2.24. The van der Waals surface area contributed by atoms with Crippen LogP contribution in [0.25, 0.3) is 0 Å². The predicted molar refractivity (Wildman–Crippen MR) is 77.0 cm³/mol. The molecule has 1 aliphatic carbocycles. The number of thiophene rings is 1. The second-order valence-electron chi connectivity index (χ2n) is 4.34. The smallest absolute Gasteiger partial charge is 0.0662 e. The molecule has 2 atom stereocenters. The normalized spacial score (nSPS) is 21.8. The lowest BCUT2D eigenvalue weighted by Crippen LogP contribution is -2.31. The van der Waals surface area contributed by atoms with Gasteiger partial charge >= 0.3 is 0 Å². The Morgan fingerprint density at radius 2 is 2.50 bits per heavy atom. The Balaban J connectivity index is 2.01. The van der Waals surface area contributed by atoms with Gasteiger partial charge in [-0.2, -0.15) is 0 Å². The molecule has 2 unspecified atom stereocenters. The summed E-state index contributed by atoms with van der Waals surface area (Å²) in [5.74, 6) is 0. The fourth-order valence-corrected chi connectivity index (χ4v) is 4.28. The Morgan fingerprint density at radius 1 is 1.69 bits per heavy atom. The Morgan fingerprint density at radius 3 is 3.25 bits per heavy atom. The molecule has 0 amide bonds. The fourth-order valence-electron chi connectivity index (χ4n) is 2.16. The van der Waals surface area contributed by atoms with Gasteiger partial charge in [0.1, 0.15) is 0 Å². The van der Waals surface area contributed by atoms with E-state index in [9.17, 15) is 5.11 Å². The van der Waals surface area contributed by atoms with E-state index in [0.29, 0.717) is 12.6 Å². The van der Waals surface area contributed by atoms with E-state index >= 15 is 0 Å². The second kappa shape index (κ2) is 5.80. The zero-order valence-corrected chi connectivity index (χ0v) is 12.5. The van der Waals surface area contributed by atoms with Crippen molar-refractivity contribution in [2.24, 2.45) is 0 Å². The van der Waals surface area contributed by atoms with Gasteiger partial charge in [-0.15, -0.1) is 11.3 Å². The summed E-state index contributed by atoms with van der Waals surface area (Å²) in [4.78, 5) is 1.54. The molecule has 0 aromatic carbocycles. The lowest BCUT2D eigenvalue weighted by atomic mass is 9.94. The molecular formula is C12H18INOS. The van der Waals surface area contributed by atoms with Crippen molar-refractivity contribution in [3.05, 3.63) is 19.4 Å². The minimum atomic E-state index is -0.205. The van der Waals surface area contributed by atoms with Gasteiger partial charge in [0.15, 0.2) is 0 Å². The van der Waals surface area contributed by atoms with Gasteiger partial charge in [0.25, 0.3) is 0 Å². The summed E-state index contributed by atoms with van der Waals surface area (Å²) >= 11 is 4.32. The van der Waals surface area contributed by atoms with E-state index in [4.69, 9.17) is 0 Å². The Bertz CT molecular complexity index is 353. The van der Waals surface area contributed by atoms with Crippen molar-refractivity contribution < 1.29 is 5.11 Å². The van der Waals surface area contributed by atoms with E-state index in [2.05, 4.69) is 34.0 Å². The third-order valence-corrected chi connectivity index (χ3v) is 5.13. The molecule has 90 valence electrons. The van der Waals surface area contributed by atoms with E-state index in [-0.39, 0.29) is 6.10 Å². The second-order valence-corrected chi connectivity index (χ2v) is 7.38. The standard InChI is InChI=1S/C12H18INOS/c1-2-8(15)7-14-10-4-3-5-11-9(10)6-12(13)16-11/h6,8,10,14-15H,2-5,7H2,1H3. The molecule has 0 spiro atoms. The van der Waals surface area contributed by atoms with E-state index in [1.807, 2.05) is 18.3 Å². The predicted octanol–water partition coefficient (Wildman–Crippen LogP) is 3.09. The summed E-state index contributed by atoms with van der Waals surface area (Å²) in [7, 11) is 0. The average Bonchev–Trinajstić information content (AvgIpc) is 2.66. The first-order chi connectivity index (χ1) is 7.70. The first-order valence-corrected chi connectivity index (χ1v) is 7.79. The average molecular weight is 351 g/mol. The van der Waals surface area contributed by atoms with Gasteiger partial charge in [-0.1, -0.05) is 6.92 Å². The van der Waals surface area contributed by atoms with Crippen molar-refractivity contribution in [2.45, 2.75) is 44.8 Å². The van der Waals surface area contributed by atoms with E-state index in [1.54, 1.807) is 4.88 Å². The van der Waals surface area contributed by atoms with Crippen LogP contribution < -0.4 is 5.32 Å². The van der Waals surface area contributed by atoms with Crippen LogP contribution in [-0.2, 0) is 6.42 Å². The molecule has 2 rings (SSSR count). The number of halogens is 1. The van der Waals surface area contributed by atoms with Crippen molar-refractivity contribution in [1.82, 2.24) is 5.32 Å². The van der Waals surface area contributed by atoms with Crippen molar-refractivity contribution >= 4 is 33.9 Å². The SMILES string of the molecule is CCC(O)CNC1CCCc2sc(I)cc21. The molecule has 1 aromatic heterocycles. The quantitative estimate of drug-likeness (QED) is 0.818. The van der Waals surface area contributed by atoms with Crippen molar-refractivity contribution in [3.8, 4) is 0 Å². The maximum Gasteiger partial charge on any atom is 0.0662 e. The first kappa shape index (κ1) is 12.8. The van der Waals surface area contributed by atoms with E-state index in [0.717, 1.165) is 6.42 Å². The largest absolute Gasteiger partial charge is 0.392 e. The maximum atomic E-state index is 9.58. The molecule has 1 aromatic rings. The molecule has 2 N–H and O–H groups in total. The van der Waals surface area contributed by atoms with Crippen LogP contribution in [0.1, 0.15) is 42.7 Å². The number of aryl methyl sites for hydroxylation is 1. The molecule has 0 saturated heterocycles. The summed E-state index contributed by atoms with van der Waals surface area (Å²) in [6.07, 6.45) is 4.33. The molecular weight excluding hydrogens is 333 g/mol. The number of fused-ring (bicyclic) bond motifs is 1. The number of aliphatic hydroxyl groups is 1. The number of nitrogens with one attached hydrogen (secondary N) is 1. The molecule has 0 fully saturated rings. The summed E-state index contributed by atoms with van der Waals surface area (Å²) in [5, 5.41) is 13.1. The van der Waals surface area contributed by atoms with E-state index in [1.165, 1.54) is 27.7 Å². The monoisotopic (exact) mass is 351 g/mol. The highest BCUT2D eigenvalue weighted by Gasteiger charge is 2.22. The maximum absolute atomic E-state index is 9.58. The summed E-state index contributed by atoms with van der Waals surface area (Å²) < 4.78 is 1.38. The molecule has 1 heterocycles. The number of aliphatic hydroxyl groups excluding tert-OH is 1.